The first kappa shape index (κ1) is 23.3. The van der Waals surface area contributed by atoms with Gasteiger partial charge in [-0.25, -0.2) is 0 Å². The van der Waals surface area contributed by atoms with Gasteiger partial charge in [0, 0.05) is 49.9 Å². The minimum atomic E-state index is -0.159. The molecule has 0 bridgehead atoms. The van der Waals surface area contributed by atoms with Crippen molar-refractivity contribution in [3.8, 4) is 11.5 Å². The van der Waals surface area contributed by atoms with Crippen LogP contribution in [0.3, 0.4) is 0 Å². The predicted octanol–water partition coefficient (Wildman–Crippen LogP) is 3.87. The highest BCUT2D eigenvalue weighted by Gasteiger charge is 2.28. The molecule has 36 heavy (non-hydrogen) atoms. The van der Waals surface area contributed by atoms with Crippen molar-refractivity contribution in [1.29, 1.82) is 0 Å². The molecule has 1 saturated carbocycles. The molecule has 8 heteroatoms. The van der Waals surface area contributed by atoms with Gasteiger partial charge in [-0.1, -0.05) is 31.7 Å². The van der Waals surface area contributed by atoms with Crippen LogP contribution < -0.4 is 4.74 Å². The molecule has 0 unspecified atom stereocenters. The van der Waals surface area contributed by atoms with Gasteiger partial charge >= 0.3 is 0 Å². The fourth-order valence-electron chi connectivity index (χ4n) is 5.82. The number of aromatic hydroxyl groups is 1. The maximum absolute atomic E-state index is 13.5. The lowest BCUT2D eigenvalue weighted by Gasteiger charge is -2.26. The zero-order valence-corrected chi connectivity index (χ0v) is 20.7. The van der Waals surface area contributed by atoms with Crippen LogP contribution in [0.5, 0.6) is 11.5 Å². The number of carbonyl (C=O) groups is 1. The average Bonchev–Trinajstić information content (AvgIpc) is 3.64. The number of hydrogen-bond acceptors (Lipinski definition) is 6. The van der Waals surface area contributed by atoms with Gasteiger partial charge in [0.05, 0.1) is 24.3 Å². The third kappa shape index (κ3) is 4.80. The number of phenols is 1. The number of nitrogens with one attached hydrogen (secondary N) is 1. The molecule has 3 aliphatic rings. The van der Waals surface area contributed by atoms with Gasteiger partial charge < -0.3 is 19.5 Å². The van der Waals surface area contributed by atoms with Gasteiger partial charge in [0.25, 0.3) is 5.91 Å². The van der Waals surface area contributed by atoms with Crippen LogP contribution in [0.15, 0.2) is 30.3 Å². The summed E-state index contributed by atoms with van der Waals surface area (Å²) >= 11 is 0. The minimum absolute atomic E-state index is 0.0190. The largest absolute Gasteiger partial charge is 0.507 e. The highest BCUT2D eigenvalue weighted by molar-refractivity contribution is 6.01. The van der Waals surface area contributed by atoms with Crippen LogP contribution in [0.25, 0.3) is 10.9 Å². The Morgan fingerprint density at radius 2 is 1.92 bits per heavy atom. The molecule has 3 aromatic rings. The molecule has 1 aromatic heterocycles. The highest BCUT2D eigenvalue weighted by Crippen LogP contribution is 2.34. The van der Waals surface area contributed by atoms with Crippen molar-refractivity contribution in [1.82, 2.24) is 20.0 Å². The van der Waals surface area contributed by atoms with Crippen LogP contribution in [0.2, 0.25) is 0 Å². The van der Waals surface area contributed by atoms with Crippen LogP contribution in [0.4, 0.5) is 0 Å². The number of aromatic amines is 1. The number of H-pyrrole nitrogens is 1. The number of nitrogens with zero attached hydrogens (tertiary/aromatic N) is 3. The Kier molecular flexibility index (Phi) is 6.54. The van der Waals surface area contributed by atoms with E-state index in [4.69, 9.17) is 9.47 Å². The number of aromatic nitrogens is 2. The fraction of sp³-hybridized carbons (Fsp3) is 0.500. The number of morpholine rings is 1. The number of ether oxygens (including phenoxy) is 2. The summed E-state index contributed by atoms with van der Waals surface area (Å²) in [4.78, 5) is 17.6. The summed E-state index contributed by atoms with van der Waals surface area (Å²) in [6, 6.07) is 9.51. The van der Waals surface area contributed by atoms with E-state index in [2.05, 4.69) is 15.1 Å². The van der Waals surface area contributed by atoms with E-state index in [0.717, 1.165) is 67.2 Å². The summed E-state index contributed by atoms with van der Waals surface area (Å²) in [5.41, 5.74) is 4.33. The molecule has 2 N–H and O–H groups in total. The van der Waals surface area contributed by atoms with Crippen LogP contribution in [-0.2, 0) is 24.2 Å². The van der Waals surface area contributed by atoms with Crippen LogP contribution >= 0.6 is 0 Å². The number of fused-ring (bicyclic) bond motifs is 2. The zero-order chi connectivity index (χ0) is 24.5. The molecule has 3 heterocycles. The quantitative estimate of drug-likeness (QED) is 0.523. The molecular formula is C28H34N4O4. The van der Waals surface area contributed by atoms with Gasteiger partial charge in [0.2, 0.25) is 0 Å². The Labute approximate surface area is 211 Å². The van der Waals surface area contributed by atoms with E-state index in [1.165, 1.54) is 25.7 Å². The van der Waals surface area contributed by atoms with E-state index in [-0.39, 0.29) is 11.7 Å². The molecule has 1 saturated heterocycles. The van der Waals surface area contributed by atoms with Gasteiger partial charge in [0.1, 0.15) is 18.1 Å². The normalized spacial score (nSPS) is 18.7. The number of hydrogen-bond donors (Lipinski definition) is 2. The number of benzene rings is 2. The number of rotatable bonds is 7. The fourth-order valence-corrected chi connectivity index (χ4v) is 5.82. The first-order valence-electron chi connectivity index (χ1n) is 13.2. The third-order valence-electron chi connectivity index (χ3n) is 7.92. The second-order valence-electron chi connectivity index (χ2n) is 10.3. The van der Waals surface area contributed by atoms with Crippen molar-refractivity contribution >= 4 is 16.8 Å². The predicted molar refractivity (Wildman–Crippen MR) is 136 cm³/mol. The monoisotopic (exact) mass is 490 g/mol. The van der Waals surface area contributed by atoms with Crippen molar-refractivity contribution in [2.45, 2.75) is 45.2 Å². The SMILES string of the molecule is O=C(c1cc2c(CC3CCCC3)[nH]nc2cc1O)N1Cc2ccc(OCCN3CCOCC3)cc2C1. The molecule has 0 spiro atoms. The number of amides is 1. The third-order valence-corrected chi connectivity index (χ3v) is 7.92. The van der Waals surface area contributed by atoms with Gasteiger partial charge in [-0.15, -0.1) is 0 Å². The van der Waals surface area contributed by atoms with Crippen molar-refractivity contribution < 1.29 is 19.4 Å². The van der Waals surface area contributed by atoms with Crippen molar-refractivity contribution in [2.24, 2.45) is 5.92 Å². The Morgan fingerprint density at radius 1 is 1.11 bits per heavy atom. The number of phenolic OH excluding ortho intramolecular Hbond substituents is 1. The van der Waals surface area contributed by atoms with E-state index in [0.29, 0.717) is 36.7 Å². The Bertz CT molecular complexity index is 1240. The first-order chi connectivity index (χ1) is 17.6. The lowest BCUT2D eigenvalue weighted by molar-refractivity contribution is 0.0322. The van der Waals surface area contributed by atoms with E-state index >= 15 is 0 Å². The Hall–Kier alpha value is -3.10. The zero-order valence-electron chi connectivity index (χ0n) is 20.7. The molecule has 1 amide bonds. The molecule has 0 radical (unpaired) electrons. The van der Waals surface area contributed by atoms with Crippen molar-refractivity contribution in [3.05, 3.63) is 52.7 Å². The summed E-state index contributed by atoms with van der Waals surface area (Å²) in [6.45, 7) is 6.01. The summed E-state index contributed by atoms with van der Waals surface area (Å²) in [7, 11) is 0. The molecule has 190 valence electrons. The summed E-state index contributed by atoms with van der Waals surface area (Å²) in [5, 5.41) is 19.1. The second kappa shape index (κ2) is 10.1. The highest BCUT2D eigenvalue weighted by atomic mass is 16.5. The molecule has 1 aliphatic carbocycles. The molecule has 0 atom stereocenters. The summed E-state index contributed by atoms with van der Waals surface area (Å²) in [5.74, 6) is 1.32. The Morgan fingerprint density at radius 3 is 2.75 bits per heavy atom. The van der Waals surface area contributed by atoms with Gasteiger partial charge in [-0.3, -0.25) is 14.8 Å². The molecule has 2 aliphatic heterocycles. The molecule has 2 aromatic carbocycles. The van der Waals surface area contributed by atoms with Crippen LogP contribution in [0.1, 0.15) is 52.9 Å². The van der Waals surface area contributed by atoms with E-state index in [9.17, 15) is 9.90 Å². The average molecular weight is 491 g/mol. The minimum Gasteiger partial charge on any atom is -0.507 e. The van der Waals surface area contributed by atoms with Gasteiger partial charge in [-0.05, 0) is 41.7 Å². The molecule has 6 rings (SSSR count). The summed E-state index contributed by atoms with van der Waals surface area (Å²) < 4.78 is 11.4. The van der Waals surface area contributed by atoms with Crippen LogP contribution in [-0.4, -0.2) is 70.5 Å². The maximum Gasteiger partial charge on any atom is 0.258 e. The molecular weight excluding hydrogens is 456 g/mol. The maximum atomic E-state index is 13.5. The van der Waals surface area contributed by atoms with Crippen LogP contribution in [0, 0.1) is 5.92 Å². The van der Waals surface area contributed by atoms with E-state index in [1.54, 1.807) is 11.0 Å². The smallest absolute Gasteiger partial charge is 0.258 e. The molecule has 8 nitrogen and oxygen atoms in total. The van der Waals surface area contributed by atoms with E-state index in [1.807, 2.05) is 24.3 Å². The first-order valence-corrected chi connectivity index (χ1v) is 13.2. The Balaban J connectivity index is 1.13. The lowest BCUT2D eigenvalue weighted by Crippen LogP contribution is -2.38. The van der Waals surface area contributed by atoms with E-state index < -0.39 is 0 Å². The van der Waals surface area contributed by atoms with Gasteiger partial charge in [-0.2, -0.15) is 5.10 Å². The van der Waals surface area contributed by atoms with Crippen molar-refractivity contribution in [2.75, 3.05) is 39.5 Å². The lowest BCUT2D eigenvalue weighted by atomic mass is 9.99. The second-order valence-corrected chi connectivity index (χ2v) is 10.3. The summed E-state index contributed by atoms with van der Waals surface area (Å²) in [6.07, 6.45) is 6.01. The van der Waals surface area contributed by atoms with Gasteiger partial charge in [0.15, 0.2) is 0 Å². The number of carbonyl (C=O) groups excluding carboxylic acids is 1. The molecule has 2 fully saturated rings. The topological polar surface area (TPSA) is 90.9 Å². The standard InChI is InChI=1S/C28H34N4O4/c33-27-16-26-23(25(29-30-26)13-19-3-1-2-4-19)15-24(27)28(34)32-17-20-5-6-22(14-21(20)18-32)36-12-9-31-7-10-35-11-8-31/h5-6,14-16,19,33H,1-4,7-13,17-18H2,(H,29,30). The van der Waals surface area contributed by atoms with Crippen molar-refractivity contribution in [3.63, 3.8) is 0 Å².